The molecular weight excluding hydrogens is 383 g/mol. The Bertz CT molecular complexity index is 585. The molecule has 1 aliphatic heterocycles. The first-order valence-electron chi connectivity index (χ1n) is 9.94. The van der Waals surface area contributed by atoms with Crippen LogP contribution in [0.25, 0.3) is 0 Å². The number of carbonyl (C=O) groups is 1. The quantitative estimate of drug-likeness (QED) is 0.770. The summed E-state index contributed by atoms with van der Waals surface area (Å²) in [6.45, 7) is 7.56. The normalized spacial score (nSPS) is 18.4. The average Bonchev–Trinajstić information content (AvgIpc) is 2.71. The number of hydrogen-bond acceptors (Lipinski definition) is 3. The number of amides is 2. The SMILES string of the molecule is CCN1CCN(c2cccc(Cl)c2Cl)CC1.CNC(=O)NC1CCCCC1. The van der Waals surface area contributed by atoms with Crippen molar-refractivity contribution in [1.29, 1.82) is 0 Å². The lowest BCUT2D eigenvalue weighted by molar-refractivity contribution is 0.234. The maximum atomic E-state index is 10.9. The Balaban J connectivity index is 0.000000208. The Labute approximate surface area is 173 Å². The predicted octanol–water partition coefficient (Wildman–Crippen LogP) is 4.38. The van der Waals surface area contributed by atoms with Crippen LogP contribution in [0.2, 0.25) is 10.0 Å². The van der Waals surface area contributed by atoms with Crippen LogP contribution < -0.4 is 15.5 Å². The first-order valence-corrected chi connectivity index (χ1v) is 10.7. The fourth-order valence-electron chi connectivity index (χ4n) is 3.55. The second-order valence-electron chi connectivity index (χ2n) is 7.05. The highest BCUT2D eigenvalue weighted by atomic mass is 35.5. The predicted molar refractivity (Wildman–Crippen MR) is 115 cm³/mol. The van der Waals surface area contributed by atoms with Gasteiger partial charge in [0.15, 0.2) is 0 Å². The third-order valence-corrected chi connectivity index (χ3v) is 6.07. The van der Waals surface area contributed by atoms with Crippen molar-refractivity contribution in [1.82, 2.24) is 15.5 Å². The summed E-state index contributed by atoms with van der Waals surface area (Å²) in [4.78, 5) is 15.6. The van der Waals surface area contributed by atoms with Crippen molar-refractivity contribution in [3.63, 3.8) is 0 Å². The number of benzene rings is 1. The first-order chi connectivity index (χ1) is 13.0. The molecule has 1 saturated heterocycles. The number of anilines is 1. The standard InChI is InChI=1S/C12H16Cl2N2.C8H16N2O/c1-2-15-6-8-16(9-7-15)11-5-3-4-10(13)12(11)14;1-9-8(11)10-7-5-3-2-4-6-7/h3-5H,2,6-9H2,1H3;7H,2-6H2,1H3,(H2,9,10,11). The van der Waals surface area contributed by atoms with Gasteiger partial charge < -0.3 is 20.4 Å². The van der Waals surface area contributed by atoms with Crippen LogP contribution in [0.3, 0.4) is 0 Å². The summed E-state index contributed by atoms with van der Waals surface area (Å²) in [5.74, 6) is 0. The third-order valence-electron chi connectivity index (χ3n) is 5.26. The molecule has 0 aromatic heterocycles. The van der Waals surface area contributed by atoms with E-state index in [1.165, 1.54) is 19.3 Å². The number of nitrogens with zero attached hydrogens (tertiary/aromatic N) is 2. The molecule has 0 unspecified atom stereocenters. The molecule has 1 aromatic carbocycles. The second kappa shape index (κ2) is 11.6. The van der Waals surface area contributed by atoms with Crippen molar-refractivity contribution < 1.29 is 4.79 Å². The van der Waals surface area contributed by atoms with Gasteiger partial charge in [0.25, 0.3) is 0 Å². The molecule has 0 radical (unpaired) electrons. The number of nitrogens with one attached hydrogen (secondary N) is 2. The van der Waals surface area contributed by atoms with Crippen LogP contribution in [0.5, 0.6) is 0 Å². The van der Waals surface area contributed by atoms with E-state index in [4.69, 9.17) is 23.2 Å². The van der Waals surface area contributed by atoms with Crippen molar-refractivity contribution in [3.8, 4) is 0 Å². The van der Waals surface area contributed by atoms with E-state index in [-0.39, 0.29) is 6.03 Å². The van der Waals surface area contributed by atoms with Gasteiger partial charge in [-0.2, -0.15) is 0 Å². The van der Waals surface area contributed by atoms with E-state index in [1.54, 1.807) is 7.05 Å². The van der Waals surface area contributed by atoms with E-state index < -0.39 is 0 Å². The van der Waals surface area contributed by atoms with E-state index in [1.807, 2.05) is 18.2 Å². The Morgan fingerprint density at radius 2 is 1.78 bits per heavy atom. The minimum Gasteiger partial charge on any atom is -0.368 e. The maximum absolute atomic E-state index is 10.9. The van der Waals surface area contributed by atoms with Gasteiger partial charge in [0.1, 0.15) is 0 Å². The van der Waals surface area contributed by atoms with E-state index in [9.17, 15) is 4.79 Å². The number of likely N-dealkylation sites (N-methyl/N-ethyl adjacent to an activating group) is 1. The second-order valence-corrected chi connectivity index (χ2v) is 7.84. The molecule has 0 spiro atoms. The summed E-state index contributed by atoms with van der Waals surface area (Å²) in [7, 11) is 1.65. The topological polar surface area (TPSA) is 47.6 Å². The molecular formula is C20H32Cl2N4O. The van der Waals surface area contributed by atoms with Gasteiger partial charge in [0, 0.05) is 39.3 Å². The smallest absolute Gasteiger partial charge is 0.314 e. The van der Waals surface area contributed by atoms with Crippen LogP contribution in [0.1, 0.15) is 39.0 Å². The molecule has 2 fully saturated rings. The number of piperazine rings is 1. The van der Waals surface area contributed by atoms with Gasteiger partial charge in [0.2, 0.25) is 0 Å². The summed E-state index contributed by atoms with van der Waals surface area (Å²) in [6, 6.07) is 6.20. The monoisotopic (exact) mass is 414 g/mol. The van der Waals surface area contributed by atoms with Crippen molar-refractivity contribution in [3.05, 3.63) is 28.2 Å². The van der Waals surface area contributed by atoms with E-state index in [0.29, 0.717) is 16.1 Å². The third kappa shape index (κ3) is 7.05. The fraction of sp³-hybridized carbons (Fsp3) is 0.650. The molecule has 5 nitrogen and oxygen atoms in total. The zero-order chi connectivity index (χ0) is 19.6. The molecule has 1 saturated carbocycles. The van der Waals surface area contributed by atoms with Crippen molar-refractivity contribution in [2.45, 2.75) is 45.1 Å². The zero-order valence-electron chi connectivity index (χ0n) is 16.4. The lowest BCUT2D eigenvalue weighted by atomic mass is 9.96. The first kappa shape index (κ1) is 22.1. The largest absolute Gasteiger partial charge is 0.368 e. The number of urea groups is 1. The molecule has 0 atom stereocenters. The molecule has 1 aromatic rings. The number of carbonyl (C=O) groups excluding carboxylic acids is 1. The summed E-state index contributed by atoms with van der Waals surface area (Å²) in [6.07, 6.45) is 6.14. The maximum Gasteiger partial charge on any atom is 0.314 e. The highest BCUT2D eigenvalue weighted by molar-refractivity contribution is 6.43. The Morgan fingerprint density at radius 1 is 1.11 bits per heavy atom. The Hall–Kier alpha value is -1.17. The summed E-state index contributed by atoms with van der Waals surface area (Å²) in [5, 5.41) is 6.79. The fourth-order valence-corrected chi connectivity index (χ4v) is 3.96. The molecule has 7 heteroatoms. The Morgan fingerprint density at radius 3 is 2.37 bits per heavy atom. The number of hydrogen-bond donors (Lipinski definition) is 2. The van der Waals surface area contributed by atoms with Crippen molar-refractivity contribution in [2.24, 2.45) is 0 Å². The molecule has 2 N–H and O–H groups in total. The molecule has 27 heavy (non-hydrogen) atoms. The molecule has 152 valence electrons. The number of rotatable bonds is 3. The van der Waals surface area contributed by atoms with Crippen molar-refractivity contribution >= 4 is 34.9 Å². The van der Waals surface area contributed by atoms with Crippen LogP contribution in [0, 0.1) is 0 Å². The van der Waals surface area contributed by atoms with Crippen molar-refractivity contribution in [2.75, 3.05) is 44.7 Å². The summed E-state index contributed by atoms with van der Waals surface area (Å²) >= 11 is 12.2. The van der Waals surface area contributed by atoms with Gasteiger partial charge in [0.05, 0.1) is 15.7 Å². The lowest BCUT2D eigenvalue weighted by Crippen LogP contribution is -2.46. The van der Waals surface area contributed by atoms with Crippen LogP contribution in [-0.4, -0.2) is 56.7 Å². The molecule has 1 heterocycles. The molecule has 3 rings (SSSR count). The average molecular weight is 415 g/mol. The summed E-state index contributed by atoms with van der Waals surface area (Å²) in [5.41, 5.74) is 1.06. The van der Waals surface area contributed by atoms with Crippen LogP contribution in [0.15, 0.2) is 18.2 Å². The Kier molecular flexibility index (Phi) is 9.52. The van der Waals surface area contributed by atoms with Gasteiger partial charge in [-0.15, -0.1) is 0 Å². The van der Waals surface area contributed by atoms with Gasteiger partial charge in [-0.1, -0.05) is 55.5 Å². The highest BCUT2D eigenvalue weighted by Gasteiger charge is 2.18. The number of halogens is 2. The minimum atomic E-state index is -0.0445. The van der Waals surface area contributed by atoms with E-state index in [2.05, 4.69) is 27.4 Å². The van der Waals surface area contributed by atoms with Crippen LogP contribution in [0.4, 0.5) is 10.5 Å². The molecule has 0 bridgehead atoms. The highest BCUT2D eigenvalue weighted by Crippen LogP contribution is 2.32. The van der Waals surface area contributed by atoms with Gasteiger partial charge in [-0.3, -0.25) is 0 Å². The summed E-state index contributed by atoms with van der Waals surface area (Å²) < 4.78 is 0. The van der Waals surface area contributed by atoms with Crippen LogP contribution in [-0.2, 0) is 0 Å². The lowest BCUT2D eigenvalue weighted by Gasteiger charge is -2.36. The van der Waals surface area contributed by atoms with E-state index >= 15 is 0 Å². The zero-order valence-corrected chi connectivity index (χ0v) is 18.0. The van der Waals surface area contributed by atoms with Gasteiger partial charge in [-0.05, 0) is 31.5 Å². The van der Waals surface area contributed by atoms with Crippen LogP contribution >= 0.6 is 23.2 Å². The van der Waals surface area contributed by atoms with Gasteiger partial charge >= 0.3 is 6.03 Å². The van der Waals surface area contributed by atoms with Gasteiger partial charge in [-0.25, -0.2) is 4.79 Å². The van der Waals surface area contributed by atoms with E-state index in [0.717, 1.165) is 51.3 Å². The molecule has 1 aliphatic carbocycles. The minimum absolute atomic E-state index is 0.0445. The molecule has 2 aliphatic rings. The molecule has 2 amide bonds.